The Morgan fingerprint density at radius 1 is 1.33 bits per heavy atom. The van der Waals surface area contributed by atoms with E-state index in [4.69, 9.17) is 0 Å². The van der Waals surface area contributed by atoms with Crippen LogP contribution >= 0.6 is 15.9 Å². The van der Waals surface area contributed by atoms with Crippen LogP contribution in [0.5, 0.6) is 0 Å². The van der Waals surface area contributed by atoms with Crippen molar-refractivity contribution in [2.24, 2.45) is 0 Å². The Balaban J connectivity index is 0.00000289. The summed E-state index contributed by atoms with van der Waals surface area (Å²) in [5, 5.41) is 11.2. The number of hydrogen-bond donors (Lipinski definition) is 0. The molecule has 1 aromatic rings. The third kappa shape index (κ3) is 5.09. The molecule has 6 heteroatoms. The molecular weight excluding hydrogens is 295 g/mol. The topological polar surface area (TPSA) is 66.4 Å². The second-order valence-corrected chi connectivity index (χ2v) is 4.02. The minimum atomic E-state index is -1.02. The molecule has 4 nitrogen and oxygen atoms in total. The van der Waals surface area contributed by atoms with E-state index in [1.54, 1.807) is 31.2 Å². The summed E-state index contributed by atoms with van der Waals surface area (Å²) < 4.78 is 5.30. The zero-order valence-corrected chi connectivity index (χ0v) is 11.7. The Labute approximate surface area is 125 Å². The van der Waals surface area contributed by atoms with E-state index < -0.39 is 17.5 Å². The Morgan fingerprint density at radius 2 is 1.89 bits per heavy atom. The number of carbonyl (C=O) groups is 2. The van der Waals surface area contributed by atoms with Crippen LogP contribution in [0.4, 0.5) is 0 Å². The predicted octanol–water partition coefficient (Wildman–Crippen LogP) is -1.56. The van der Waals surface area contributed by atoms with Crippen LogP contribution in [0.25, 0.3) is 0 Å². The number of carbonyl (C=O) groups excluding carboxylic acids is 2. The van der Waals surface area contributed by atoms with Gasteiger partial charge in [0.25, 0.3) is 0 Å². The second-order valence-electron chi connectivity index (χ2n) is 3.10. The largest absolute Gasteiger partial charge is 1.00 e. The van der Waals surface area contributed by atoms with Crippen molar-refractivity contribution in [3.05, 3.63) is 46.1 Å². The predicted molar refractivity (Wildman–Crippen MR) is 63.2 cm³/mol. The maximum absolute atomic E-state index is 11.6. The minimum Gasteiger partial charge on any atom is -0.867 e. The van der Waals surface area contributed by atoms with Crippen LogP contribution in [-0.4, -0.2) is 18.4 Å². The van der Waals surface area contributed by atoms with Gasteiger partial charge >= 0.3 is 24.8 Å². The Bertz CT molecular complexity index is 454. The smallest absolute Gasteiger partial charge is 0.867 e. The monoisotopic (exact) mass is 304 g/mol. The first-order chi connectivity index (χ1) is 8.04. The Morgan fingerprint density at radius 3 is 2.39 bits per heavy atom. The van der Waals surface area contributed by atoms with Gasteiger partial charge in [0.1, 0.15) is 0 Å². The molecule has 0 aromatic heterocycles. The molecule has 0 aliphatic carbocycles. The van der Waals surface area contributed by atoms with Crippen LogP contribution in [0.3, 0.4) is 0 Å². The summed E-state index contributed by atoms with van der Waals surface area (Å²) in [6, 6.07) is 6.47. The van der Waals surface area contributed by atoms with Crippen molar-refractivity contribution in [2.45, 2.75) is 6.92 Å². The summed E-state index contributed by atoms with van der Waals surface area (Å²) >= 11 is 3.23. The standard InChI is InChI=1S/C12H11BrO4.Li/c1-2-17-12(16)11(15)7-10(14)8-3-5-9(13)6-4-8;/h3-7,15H,2H2,1H3;/q;+1/p-1/b11-7-;. The SMILES string of the molecule is CCOC(=O)/C([O-])=C/C(=O)c1ccc(Br)cc1.[Li+]. The van der Waals surface area contributed by atoms with Crippen LogP contribution in [-0.2, 0) is 9.53 Å². The minimum absolute atomic E-state index is 0. The van der Waals surface area contributed by atoms with Gasteiger partial charge in [-0.05, 0) is 43.0 Å². The van der Waals surface area contributed by atoms with E-state index in [2.05, 4.69) is 20.7 Å². The first kappa shape index (κ1) is 17.0. The van der Waals surface area contributed by atoms with E-state index in [0.717, 1.165) is 10.5 Å². The summed E-state index contributed by atoms with van der Waals surface area (Å²) in [7, 11) is 0. The first-order valence-corrected chi connectivity index (χ1v) is 5.69. The van der Waals surface area contributed by atoms with Crippen molar-refractivity contribution in [3.8, 4) is 0 Å². The molecule has 0 spiro atoms. The number of rotatable bonds is 4. The summed E-state index contributed by atoms with van der Waals surface area (Å²) in [5.74, 6) is -2.48. The molecular formula is C12H10BrLiO4. The van der Waals surface area contributed by atoms with Gasteiger partial charge in [-0.15, -0.1) is 0 Å². The quantitative estimate of drug-likeness (QED) is 0.222. The summed E-state index contributed by atoms with van der Waals surface area (Å²) in [6.07, 6.45) is 0.737. The van der Waals surface area contributed by atoms with Gasteiger partial charge < -0.3 is 9.84 Å². The average molecular weight is 305 g/mol. The van der Waals surface area contributed by atoms with Crippen molar-refractivity contribution < 1.29 is 38.3 Å². The molecule has 0 N–H and O–H groups in total. The van der Waals surface area contributed by atoms with Gasteiger partial charge in [-0.1, -0.05) is 15.9 Å². The van der Waals surface area contributed by atoms with Crippen molar-refractivity contribution in [3.63, 3.8) is 0 Å². The number of ether oxygens (including phenoxy) is 1. The number of esters is 1. The number of benzene rings is 1. The van der Waals surface area contributed by atoms with E-state index in [0.29, 0.717) is 5.56 Å². The average Bonchev–Trinajstić information content (AvgIpc) is 2.30. The van der Waals surface area contributed by atoms with Gasteiger partial charge in [0.15, 0.2) is 5.78 Å². The molecule has 0 fully saturated rings. The summed E-state index contributed by atoms with van der Waals surface area (Å²) in [6.45, 7) is 1.69. The molecule has 0 amide bonds. The Kier molecular flexibility index (Phi) is 7.68. The molecule has 18 heavy (non-hydrogen) atoms. The molecule has 0 atom stereocenters. The molecule has 0 bridgehead atoms. The van der Waals surface area contributed by atoms with Gasteiger partial charge in [-0.3, -0.25) is 4.79 Å². The second kappa shape index (κ2) is 8.14. The van der Waals surface area contributed by atoms with Gasteiger partial charge in [-0.2, -0.15) is 0 Å². The number of ketones is 1. The fraction of sp³-hybridized carbons (Fsp3) is 0.167. The fourth-order valence-electron chi connectivity index (χ4n) is 1.08. The third-order valence-corrected chi connectivity index (χ3v) is 2.40. The van der Waals surface area contributed by atoms with Gasteiger partial charge in [0.05, 0.1) is 6.61 Å². The van der Waals surface area contributed by atoms with E-state index in [-0.39, 0.29) is 25.5 Å². The maximum atomic E-state index is 11.6. The van der Waals surface area contributed by atoms with Crippen LogP contribution in [0.15, 0.2) is 40.6 Å². The van der Waals surface area contributed by atoms with Crippen LogP contribution < -0.4 is 24.0 Å². The zero-order chi connectivity index (χ0) is 12.8. The van der Waals surface area contributed by atoms with Crippen LogP contribution in [0.2, 0.25) is 0 Å². The van der Waals surface area contributed by atoms with Crippen LogP contribution in [0, 0.1) is 0 Å². The van der Waals surface area contributed by atoms with Crippen molar-refractivity contribution in [2.75, 3.05) is 6.61 Å². The van der Waals surface area contributed by atoms with Crippen molar-refractivity contribution >= 4 is 27.7 Å². The van der Waals surface area contributed by atoms with Crippen molar-refractivity contribution in [1.29, 1.82) is 0 Å². The van der Waals surface area contributed by atoms with Gasteiger partial charge in [-0.25, -0.2) is 4.79 Å². The molecule has 1 aromatic carbocycles. The summed E-state index contributed by atoms with van der Waals surface area (Å²) in [4.78, 5) is 22.6. The molecule has 0 radical (unpaired) electrons. The normalized spacial score (nSPS) is 10.4. The molecule has 0 aliphatic heterocycles. The van der Waals surface area contributed by atoms with E-state index in [9.17, 15) is 14.7 Å². The van der Waals surface area contributed by atoms with E-state index in [1.807, 2.05) is 0 Å². The molecule has 0 saturated carbocycles. The number of allylic oxidation sites excluding steroid dienone is 1. The molecule has 0 aliphatic rings. The van der Waals surface area contributed by atoms with E-state index in [1.165, 1.54) is 0 Å². The Hall–Kier alpha value is -1.02. The fourth-order valence-corrected chi connectivity index (χ4v) is 1.34. The molecule has 90 valence electrons. The maximum Gasteiger partial charge on any atom is 1.00 e. The number of hydrogen-bond acceptors (Lipinski definition) is 4. The van der Waals surface area contributed by atoms with Crippen LogP contribution in [0.1, 0.15) is 17.3 Å². The number of halogens is 1. The molecule has 0 saturated heterocycles. The van der Waals surface area contributed by atoms with E-state index >= 15 is 0 Å². The van der Waals surface area contributed by atoms with Gasteiger partial charge in [0, 0.05) is 10.0 Å². The van der Waals surface area contributed by atoms with Crippen molar-refractivity contribution in [1.82, 2.24) is 0 Å². The first-order valence-electron chi connectivity index (χ1n) is 4.90. The summed E-state index contributed by atoms with van der Waals surface area (Å²) in [5.41, 5.74) is 0.339. The third-order valence-electron chi connectivity index (χ3n) is 1.87. The molecule has 0 heterocycles. The zero-order valence-electron chi connectivity index (χ0n) is 10.1. The molecule has 0 unspecified atom stereocenters. The van der Waals surface area contributed by atoms with Gasteiger partial charge in [0.2, 0.25) is 0 Å². The molecule has 1 rings (SSSR count).